The van der Waals surface area contributed by atoms with Crippen molar-refractivity contribution >= 4 is 40.8 Å². The van der Waals surface area contributed by atoms with E-state index in [1.807, 2.05) is 13.0 Å². The van der Waals surface area contributed by atoms with Crippen molar-refractivity contribution in [2.24, 2.45) is 0 Å². The van der Waals surface area contributed by atoms with Crippen LogP contribution < -0.4 is 14.8 Å². The Bertz CT molecular complexity index is 1030. The highest BCUT2D eigenvalue weighted by molar-refractivity contribution is 6.36. The molecule has 7 nitrogen and oxygen atoms in total. The molecule has 4 rings (SSSR count). The highest BCUT2D eigenvalue weighted by Crippen LogP contribution is 2.36. The fourth-order valence-electron chi connectivity index (χ4n) is 3.52. The second-order valence-corrected chi connectivity index (χ2v) is 7.56. The van der Waals surface area contributed by atoms with Gasteiger partial charge >= 0.3 is 0 Å². The van der Waals surface area contributed by atoms with Gasteiger partial charge in [0.05, 0.1) is 19.8 Å². The Kier molecular flexibility index (Phi) is 6.44. The SMILES string of the molecule is CCOc1cc(/C=C2/C(=O)Nc3ccc(Cl)cc32)ccc1OCC(=O)N1CCOCC1. The number of benzene rings is 2. The van der Waals surface area contributed by atoms with Gasteiger partial charge in [-0.2, -0.15) is 0 Å². The van der Waals surface area contributed by atoms with Crippen LogP contribution in [-0.4, -0.2) is 56.2 Å². The molecule has 2 heterocycles. The summed E-state index contributed by atoms with van der Waals surface area (Å²) in [6.45, 7) is 4.46. The Morgan fingerprint density at radius 1 is 1.16 bits per heavy atom. The lowest BCUT2D eigenvalue weighted by molar-refractivity contribution is -0.137. The van der Waals surface area contributed by atoms with Crippen LogP contribution in [-0.2, 0) is 14.3 Å². The Morgan fingerprint density at radius 2 is 1.97 bits per heavy atom. The summed E-state index contributed by atoms with van der Waals surface area (Å²) in [4.78, 5) is 26.5. The molecule has 2 aliphatic heterocycles. The van der Waals surface area contributed by atoms with Crippen LogP contribution in [0.4, 0.5) is 5.69 Å². The quantitative estimate of drug-likeness (QED) is 0.693. The zero-order valence-electron chi connectivity index (χ0n) is 17.2. The van der Waals surface area contributed by atoms with Gasteiger partial charge in [-0.1, -0.05) is 17.7 Å². The van der Waals surface area contributed by atoms with E-state index in [2.05, 4.69) is 5.32 Å². The monoisotopic (exact) mass is 442 g/mol. The van der Waals surface area contributed by atoms with Crippen LogP contribution in [0, 0.1) is 0 Å². The van der Waals surface area contributed by atoms with E-state index in [0.29, 0.717) is 55.0 Å². The van der Waals surface area contributed by atoms with Crippen LogP contribution in [0.3, 0.4) is 0 Å². The molecule has 2 amide bonds. The molecule has 0 atom stereocenters. The minimum Gasteiger partial charge on any atom is -0.490 e. The van der Waals surface area contributed by atoms with Gasteiger partial charge in [0.2, 0.25) is 0 Å². The predicted octanol–water partition coefficient (Wildman–Crippen LogP) is 3.47. The molecule has 0 aliphatic carbocycles. The normalized spacial score (nSPS) is 16.8. The van der Waals surface area contributed by atoms with Gasteiger partial charge in [0, 0.05) is 34.9 Å². The maximum Gasteiger partial charge on any atom is 0.260 e. The van der Waals surface area contributed by atoms with Gasteiger partial charge in [0.1, 0.15) is 0 Å². The Labute approximate surface area is 185 Å². The summed E-state index contributed by atoms with van der Waals surface area (Å²) in [5.74, 6) is 0.709. The summed E-state index contributed by atoms with van der Waals surface area (Å²) in [6, 6.07) is 10.6. The third kappa shape index (κ3) is 4.84. The molecule has 0 spiro atoms. The van der Waals surface area contributed by atoms with Gasteiger partial charge in [-0.25, -0.2) is 0 Å². The lowest BCUT2D eigenvalue weighted by Crippen LogP contribution is -2.43. The van der Waals surface area contributed by atoms with E-state index in [1.54, 1.807) is 41.3 Å². The largest absolute Gasteiger partial charge is 0.490 e. The Hall–Kier alpha value is -3.03. The van der Waals surface area contributed by atoms with Crippen LogP contribution in [0.5, 0.6) is 11.5 Å². The first-order chi connectivity index (χ1) is 15.0. The fraction of sp³-hybridized carbons (Fsp3) is 0.304. The number of hydrogen-bond acceptors (Lipinski definition) is 5. The van der Waals surface area contributed by atoms with Crippen LogP contribution in [0.15, 0.2) is 36.4 Å². The topological polar surface area (TPSA) is 77.1 Å². The summed E-state index contributed by atoms with van der Waals surface area (Å²) in [7, 11) is 0. The molecule has 0 bridgehead atoms. The lowest BCUT2D eigenvalue weighted by atomic mass is 10.0. The number of morpholine rings is 1. The number of carbonyl (C=O) groups excluding carboxylic acids is 2. The zero-order chi connectivity index (χ0) is 21.8. The molecular formula is C23H23ClN2O5. The highest BCUT2D eigenvalue weighted by Gasteiger charge is 2.24. The molecule has 1 saturated heterocycles. The summed E-state index contributed by atoms with van der Waals surface area (Å²) in [5.41, 5.74) is 2.78. The maximum absolute atomic E-state index is 12.4. The number of carbonyl (C=O) groups is 2. The number of fused-ring (bicyclic) bond motifs is 1. The summed E-state index contributed by atoms with van der Waals surface area (Å²) in [5, 5.41) is 3.40. The molecule has 8 heteroatoms. The minimum absolute atomic E-state index is 0.0746. The first kappa shape index (κ1) is 21.2. The molecule has 1 N–H and O–H groups in total. The molecular weight excluding hydrogens is 420 g/mol. The second-order valence-electron chi connectivity index (χ2n) is 7.12. The molecule has 0 saturated carbocycles. The molecule has 31 heavy (non-hydrogen) atoms. The summed E-state index contributed by atoms with van der Waals surface area (Å²) < 4.78 is 16.7. The first-order valence-corrected chi connectivity index (χ1v) is 10.5. The number of nitrogens with zero attached hydrogens (tertiary/aromatic N) is 1. The highest BCUT2D eigenvalue weighted by atomic mass is 35.5. The van der Waals surface area contributed by atoms with E-state index in [4.69, 9.17) is 25.8 Å². The van der Waals surface area contributed by atoms with E-state index in [9.17, 15) is 9.59 Å². The van der Waals surface area contributed by atoms with E-state index in [-0.39, 0.29) is 18.4 Å². The van der Waals surface area contributed by atoms with Crippen molar-refractivity contribution in [1.29, 1.82) is 0 Å². The van der Waals surface area contributed by atoms with Gasteiger partial charge in [0.15, 0.2) is 18.1 Å². The number of amides is 2. The molecule has 2 aromatic carbocycles. The van der Waals surface area contributed by atoms with Gasteiger partial charge in [-0.3, -0.25) is 9.59 Å². The van der Waals surface area contributed by atoms with E-state index < -0.39 is 0 Å². The first-order valence-electron chi connectivity index (χ1n) is 10.1. The number of ether oxygens (including phenoxy) is 3. The van der Waals surface area contributed by atoms with Gasteiger partial charge in [0.25, 0.3) is 11.8 Å². The van der Waals surface area contributed by atoms with Crippen LogP contribution in [0.1, 0.15) is 18.1 Å². The molecule has 2 aromatic rings. The molecule has 0 unspecified atom stereocenters. The third-order valence-corrected chi connectivity index (χ3v) is 5.29. The number of rotatable bonds is 6. The predicted molar refractivity (Wildman–Crippen MR) is 118 cm³/mol. The molecule has 0 aromatic heterocycles. The van der Waals surface area contributed by atoms with Crippen molar-refractivity contribution < 1.29 is 23.8 Å². The van der Waals surface area contributed by atoms with Crippen LogP contribution in [0.25, 0.3) is 11.6 Å². The Balaban J connectivity index is 1.54. The van der Waals surface area contributed by atoms with E-state index in [0.717, 1.165) is 16.8 Å². The minimum atomic E-state index is -0.188. The number of hydrogen-bond donors (Lipinski definition) is 1. The summed E-state index contributed by atoms with van der Waals surface area (Å²) >= 11 is 6.10. The number of halogens is 1. The van der Waals surface area contributed by atoms with Crippen LogP contribution >= 0.6 is 11.6 Å². The van der Waals surface area contributed by atoms with Crippen molar-refractivity contribution in [2.45, 2.75) is 6.92 Å². The second kappa shape index (κ2) is 9.41. The van der Waals surface area contributed by atoms with Crippen molar-refractivity contribution in [2.75, 3.05) is 44.8 Å². The van der Waals surface area contributed by atoms with E-state index >= 15 is 0 Å². The summed E-state index contributed by atoms with van der Waals surface area (Å²) in [6.07, 6.45) is 1.78. The average molecular weight is 443 g/mol. The van der Waals surface area contributed by atoms with Crippen molar-refractivity contribution in [3.8, 4) is 11.5 Å². The van der Waals surface area contributed by atoms with Crippen LogP contribution in [0.2, 0.25) is 5.02 Å². The fourth-order valence-corrected chi connectivity index (χ4v) is 3.69. The average Bonchev–Trinajstić information content (AvgIpc) is 3.08. The number of anilines is 1. The van der Waals surface area contributed by atoms with Crippen molar-refractivity contribution in [1.82, 2.24) is 4.90 Å². The zero-order valence-corrected chi connectivity index (χ0v) is 17.9. The Morgan fingerprint density at radius 3 is 2.74 bits per heavy atom. The molecule has 0 radical (unpaired) electrons. The standard InChI is InChI=1S/C23H23ClN2O5/c1-2-30-21-12-15(11-18-17-13-16(24)4-5-19(17)25-23(18)28)3-6-20(21)31-14-22(27)26-7-9-29-10-8-26/h3-6,11-13H,2,7-10,14H2,1H3,(H,25,28)/b18-11+. The smallest absolute Gasteiger partial charge is 0.260 e. The van der Waals surface area contributed by atoms with Crippen molar-refractivity contribution in [3.63, 3.8) is 0 Å². The molecule has 162 valence electrons. The maximum atomic E-state index is 12.4. The lowest BCUT2D eigenvalue weighted by Gasteiger charge is -2.26. The van der Waals surface area contributed by atoms with Gasteiger partial charge < -0.3 is 24.4 Å². The number of nitrogens with one attached hydrogen (secondary N) is 1. The third-order valence-electron chi connectivity index (χ3n) is 5.06. The van der Waals surface area contributed by atoms with Gasteiger partial charge in [-0.05, 0) is 48.9 Å². The molecule has 1 fully saturated rings. The van der Waals surface area contributed by atoms with E-state index in [1.165, 1.54) is 0 Å². The van der Waals surface area contributed by atoms with Gasteiger partial charge in [-0.15, -0.1) is 0 Å². The van der Waals surface area contributed by atoms with Crippen molar-refractivity contribution in [3.05, 3.63) is 52.5 Å². The molecule has 2 aliphatic rings.